The molecule has 0 aliphatic rings. The highest BCUT2D eigenvalue weighted by Gasteiger charge is 2.10. The maximum absolute atomic E-state index is 5.69. The Balaban J connectivity index is 2.19. The van der Waals surface area contributed by atoms with Crippen LogP contribution in [0.5, 0.6) is 0 Å². The van der Waals surface area contributed by atoms with Gasteiger partial charge in [0, 0.05) is 3.57 Å². The lowest BCUT2D eigenvalue weighted by atomic mass is 9.98. The lowest BCUT2D eigenvalue weighted by molar-refractivity contribution is 0.551. The monoisotopic (exact) mass is 352 g/mol. The lowest BCUT2D eigenvalue weighted by Gasteiger charge is -2.17. The summed E-state index contributed by atoms with van der Waals surface area (Å²) in [5.41, 5.74) is 6.72. The zero-order valence-electron chi connectivity index (χ0n) is 10.4. The van der Waals surface area contributed by atoms with E-state index in [1.54, 1.807) is 0 Å². The smallest absolute Gasteiger partial charge is 0.0500 e. The van der Waals surface area contributed by atoms with Gasteiger partial charge in [-0.3, -0.25) is 11.3 Å². The fraction of sp³-hybridized carbons (Fsp3) is 0.200. The van der Waals surface area contributed by atoms with E-state index < -0.39 is 0 Å². The van der Waals surface area contributed by atoms with E-state index in [0.29, 0.717) is 0 Å². The highest BCUT2D eigenvalue weighted by atomic mass is 127. The third-order valence-electron chi connectivity index (χ3n) is 2.97. The molecule has 2 aromatic carbocycles. The molecular formula is C15H17IN2. The highest BCUT2D eigenvalue weighted by Crippen LogP contribution is 2.20. The fourth-order valence-electron chi connectivity index (χ4n) is 2.07. The number of nitrogens with one attached hydrogen (secondary N) is 1. The summed E-state index contributed by atoms with van der Waals surface area (Å²) in [7, 11) is 0. The van der Waals surface area contributed by atoms with Crippen molar-refractivity contribution < 1.29 is 0 Å². The van der Waals surface area contributed by atoms with Crippen LogP contribution in [-0.4, -0.2) is 0 Å². The van der Waals surface area contributed by atoms with E-state index in [-0.39, 0.29) is 6.04 Å². The van der Waals surface area contributed by atoms with E-state index in [4.69, 9.17) is 5.84 Å². The van der Waals surface area contributed by atoms with Gasteiger partial charge in [-0.15, -0.1) is 0 Å². The molecular weight excluding hydrogens is 335 g/mol. The summed E-state index contributed by atoms with van der Waals surface area (Å²) in [5, 5.41) is 0. The Morgan fingerprint density at radius 3 is 2.61 bits per heavy atom. The van der Waals surface area contributed by atoms with Gasteiger partial charge in [0.15, 0.2) is 0 Å². The van der Waals surface area contributed by atoms with Gasteiger partial charge in [-0.05, 0) is 59.2 Å². The Kier molecular flexibility index (Phi) is 4.74. The zero-order chi connectivity index (χ0) is 13.0. The van der Waals surface area contributed by atoms with E-state index in [1.165, 1.54) is 20.3 Å². The molecule has 0 saturated heterocycles. The third-order valence-corrected chi connectivity index (χ3v) is 3.65. The van der Waals surface area contributed by atoms with E-state index in [0.717, 1.165) is 6.42 Å². The average Bonchev–Trinajstić information content (AvgIpc) is 2.36. The van der Waals surface area contributed by atoms with E-state index in [1.807, 2.05) is 0 Å². The predicted octanol–water partition coefficient (Wildman–Crippen LogP) is 3.35. The minimum atomic E-state index is 0.154. The minimum absolute atomic E-state index is 0.154. The van der Waals surface area contributed by atoms with Gasteiger partial charge in [0.2, 0.25) is 0 Å². The predicted molar refractivity (Wildman–Crippen MR) is 84.1 cm³/mol. The molecule has 1 unspecified atom stereocenters. The Bertz CT molecular complexity index is 525. The lowest BCUT2D eigenvalue weighted by Crippen LogP contribution is -2.29. The van der Waals surface area contributed by atoms with Crippen molar-refractivity contribution in [3.8, 4) is 0 Å². The van der Waals surface area contributed by atoms with Crippen LogP contribution < -0.4 is 11.3 Å². The van der Waals surface area contributed by atoms with Gasteiger partial charge in [0.05, 0.1) is 6.04 Å². The molecule has 0 spiro atoms. The number of hydrogen-bond donors (Lipinski definition) is 2. The molecule has 0 fully saturated rings. The van der Waals surface area contributed by atoms with Crippen molar-refractivity contribution in [3.05, 3.63) is 68.8 Å². The van der Waals surface area contributed by atoms with Crippen LogP contribution in [0.15, 0.2) is 48.5 Å². The molecule has 0 aromatic heterocycles. The number of hydrazine groups is 1. The van der Waals surface area contributed by atoms with E-state index in [2.05, 4.69) is 83.5 Å². The summed E-state index contributed by atoms with van der Waals surface area (Å²) in [6, 6.07) is 17.1. The van der Waals surface area contributed by atoms with Crippen molar-refractivity contribution in [1.29, 1.82) is 0 Å². The van der Waals surface area contributed by atoms with Crippen LogP contribution in [0.1, 0.15) is 22.7 Å². The van der Waals surface area contributed by atoms with Gasteiger partial charge in [0.25, 0.3) is 0 Å². The Morgan fingerprint density at radius 1 is 1.17 bits per heavy atom. The number of aryl methyl sites for hydroxylation is 1. The number of benzene rings is 2. The van der Waals surface area contributed by atoms with Crippen LogP contribution in [0.3, 0.4) is 0 Å². The van der Waals surface area contributed by atoms with Gasteiger partial charge in [-0.25, -0.2) is 0 Å². The van der Waals surface area contributed by atoms with Crippen molar-refractivity contribution in [2.24, 2.45) is 5.84 Å². The van der Waals surface area contributed by atoms with Gasteiger partial charge < -0.3 is 0 Å². The van der Waals surface area contributed by atoms with Crippen LogP contribution in [0.4, 0.5) is 0 Å². The molecule has 94 valence electrons. The first-order valence-electron chi connectivity index (χ1n) is 5.96. The minimum Gasteiger partial charge on any atom is -0.271 e. The van der Waals surface area contributed by atoms with Gasteiger partial charge >= 0.3 is 0 Å². The summed E-state index contributed by atoms with van der Waals surface area (Å²) >= 11 is 2.32. The SMILES string of the molecule is Cc1cccc(CC(NN)c2cccc(I)c2)c1. The highest BCUT2D eigenvalue weighted by molar-refractivity contribution is 14.1. The largest absolute Gasteiger partial charge is 0.271 e. The maximum Gasteiger partial charge on any atom is 0.0500 e. The molecule has 3 N–H and O–H groups in total. The molecule has 0 bridgehead atoms. The first kappa shape index (κ1) is 13.5. The van der Waals surface area contributed by atoms with Crippen molar-refractivity contribution in [2.75, 3.05) is 0 Å². The van der Waals surface area contributed by atoms with Crippen molar-refractivity contribution in [1.82, 2.24) is 5.43 Å². The number of halogens is 1. The molecule has 0 saturated carbocycles. The third kappa shape index (κ3) is 3.54. The molecule has 0 aliphatic heterocycles. The van der Waals surface area contributed by atoms with Crippen LogP contribution in [-0.2, 0) is 6.42 Å². The maximum atomic E-state index is 5.69. The van der Waals surface area contributed by atoms with Gasteiger partial charge in [0.1, 0.15) is 0 Å². The van der Waals surface area contributed by atoms with E-state index >= 15 is 0 Å². The molecule has 0 radical (unpaired) electrons. The van der Waals surface area contributed by atoms with Gasteiger partial charge in [-0.1, -0.05) is 42.0 Å². The molecule has 0 aliphatic carbocycles. The molecule has 2 aromatic rings. The molecule has 2 nitrogen and oxygen atoms in total. The van der Waals surface area contributed by atoms with Crippen LogP contribution in [0.2, 0.25) is 0 Å². The van der Waals surface area contributed by atoms with Crippen molar-refractivity contribution in [2.45, 2.75) is 19.4 Å². The van der Waals surface area contributed by atoms with Crippen molar-refractivity contribution in [3.63, 3.8) is 0 Å². The van der Waals surface area contributed by atoms with Crippen molar-refractivity contribution >= 4 is 22.6 Å². The number of nitrogens with two attached hydrogens (primary N) is 1. The Morgan fingerprint density at radius 2 is 1.94 bits per heavy atom. The first-order valence-corrected chi connectivity index (χ1v) is 7.04. The normalized spacial score (nSPS) is 12.4. The number of rotatable bonds is 4. The standard InChI is InChI=1S/C15H17IN2/c1-11-4-2-5-12(8-11)9-15(18-17)13-6-3-7-14(16)10-13/h2-8,10,15,18H,9,17H2,1H3. The van der Waals surface area contributed by atoms with E-state index in [9.17, 15) is 0 Å². The first-order chi connectivity index (χ1) is 8.69. The molecule has 1 atom stereocenters. The van der Waals surface area contributed by atoms with Crippen LogP contribution >= 0.6 is 22.6 Å². The second-order valence-corrected chi connectivity index (χ2v) is 5.71. The van der Waals surface area contributed by atoms with Crippen LogP contribution in [0, 0.1) is 10.5 Å². The summed E-state index contributed by atoms with van der Waals surface area (Å²) in [4.78, 5) is 0. The average molecular weight is 352 g/mol. The second kappa shape index (κ2) is 6.31. The summed E-state index contributed by atoms with van der Waals surface area (Å²) < 4.78 is 1.23. The summed E-state index contributed by atoms with van der Waals surface area (Å²) in [6.07, 6.45) is 0.901. The number of hydrogen-bond acceptors (Lipinski definition) is 2. The molecule has 18 heavy (non-hydrogen) atoms. The summed E-state index contributed by atoms with van der Waals surface area (Å²) in [5.74, 6) is 5.69. The zero-order valence-corrected chi connectivity index (χ0v) is 12.5. The molecule has 0 amide bonds. The molecule has 3 heteroatoms. The fourth-order valence-corrected chi connectivity index (χ4v) is 2.64. The molecule has 2 rings (SSSR count). The second-order valence-electron chi connectivity index (χ2n) is 4.47. The summed E-state index contributed by atoms with van der Waals surface area (Å²) in [6.45, 7) is 2.11. The Labute approximate surface area is 122 Å². The quantitative estimate of drug-likeness (QED) is 0.503. The van der Waals surface area contributed by atoms with Crippen LogP contribution in [0.25, 0.3) is 0 Å². The Hall–Kier alpha value is -0.910. The molecule has 0 heterocycles. The van der Waals surface area contributed by atoms with Gasteiger partial charge in [-0.2, -0.15) is 0 Å². The topological polar surface area (TPSA) is 38.0 Å².